The number of hydrogen-bond acceptors (Lipinski definition) is 4. The summed E-state index contributed by atoms with van der Waals surface area (Å²) >= 11 is 0. The first-order chi connectivity index (χ1) is 14.0. The van der Waals surface area contributed by atoms with Crippen molar-refractivity contribution in [1.29, 1.82) is 0 Å². The summed E-state index contributed by atoms with van der Waals surface area (Å²) in [4.78, 5) is 38.7. The number of carbonyl (C=O) groups excluding carboxylic acids is 2. The van der Waals surface area contributed by atoms with Crippen molar-refractivity contribution in [2.45, 2.75) is 44.4 Å². The highest BCUT2D eigenvalue weighted by atomic mass is 16.5. The zero-order valence-electron chi connectivity index (χ0n) is 15.8. The topological polar surface area (TPSA) is 95.9 Å². The number of alkyl carbamates (subject to hydrolysis) is 1. The molecule has 2 aliphatic heterocycles. The maximum atomic E-state index is 13.2. The molecule has 0 saturated heterocycles. The molecular formula is C22H22N2O5. The van der Waals surface area contributed by atoms with Gasteiger partial charge in [0.1, 0.15) is 18.7 Å². The van der Waals surface area contributed by atoms with Crippen LogP contribution in [0.5, 0.6) is 0 Å². The highest BCUT2D eigenvalue weighted by Crippen LogP contribution is 2.37. The molecule has 0 radical (unpaired) electrons. The van der Waals surface area contributed by atoms with E-state index < -0.39 is 30.1 Å². The number of benzene rings is 2. The maximum Gasteiger partial charge on any atom is 0.408 e. The number of para-hydroxylation sites is 1. The number of nitrogens with one attached hydrogen (secondary N) is 1. The molecule has 0 aliphatic carbocycles. The number of carboxylic acid groups (broad SMARTS) is 1. The van der Waals surface area contributed by atoms with E-state index in [0.717, 1.165) is 16.7 Å². The van der Waals surface area contributed by atoms with E-state index in [9.17, 15) is 19.5 Å². The number of anilines is 1. The number of rotatable bonds is 4. The SMILES string of the molecule is O=C(N[C@H]1CCc2cccc3c2N(C1=O)C(C(=O)O)CC3)OCc1ccccc1. The molecule has 0 spiro atoms. The van der Waals surface area contributed by atoms with Crippen molar-refractivity contribution in [3.8, 4) is 0 Å². The summed E-state index contributed by atoms with van der Waals surface area (Å²) in [5, 5.41) is 12.3. The molecule has 0 aromatic heterocycles. The van der Waals surface area contributed by atoms with Crippen molar-refractivity contribution in [2.75, 3.05) is 4.90 Å². The van der Waals surface area contributed by atoms with E-state index in [1.807, 2.05) is 48.5 Å². The molecule has 29 heavy (non-hydrogen) atoms. The average Bonchev–Trinajstić information content (AvgIpc) is 2.87. The van der Waals surface area contributed by atoms with E-state index in [4.69, 9.17) is 4.74 Å². The number of carboxylic acids is 1. The lowest BCUT2D eigenvalue weighted by Gasteiger charge is -2.36. The van der Waals surface area contributed by atoms with Gasteiger partial charge in [-0.2, -0.15) is 0 Å². The third-order valence-corrected chi connectivity index (χ3v) is 5.47. The summed E-state index contributed by atoms with van der Waals surface area (Å²) < 4.78 is 5.24. The van der Waals surface area contributed by atoms with Crippen LogP contribution in [0, 0.1) is 0 Å². The molecule has 2 atom stereocenters. The molecule has 7 heteroatoms. The molecule has 2 amide bonds. The molecule has 2 aromatic carbocycles. The van der Waals surface area contributed by atoms with Crippen molar-refractivity contribution in [2.24, 2.45) is 0 Å². The van der Waals surface area contributed by atoms with Gasteiger partial charge in [0.2, 0.25) is 0 Å². The quantitative estimate of drug-likeness (QED) is 0.831. The van der Waals surface area contributed by atoms with E-state index in [1.165, 1.54) is 4.90 Å². The number of nitrogens with zero attached hydrogens (tertiary/aromatic N) is 1. The summed E-state index contributed by atoms with van der Waals surface area (Å²) in [5.74, 6) is -1.44. The molecule has 7 nitrogen and oxygen atoms in total. The molecule has 4 rings (SSSR count). The van der Waals surface area contributed by atoms with Crippen molar-refractivity contribution < 1.29 is 24.2 Å². The molecular weight excluding hydrogens is 372 g/mol. The lowest BCUT2D eigenvalue weighted by atomic mass is 9.92. The Morgan fingerprint density at radius 1 is 1.03 bits per heavy atom. The zero-order chi connectivity index (χ0) is 20.4. The molecule has 0 fully saturated rings. The van der Waals surface area contributed by atoms with Crippen LogP contribution in [-0.2, 0) is 33.8 Å². The molecule has 2 N–H and O–H groups in total. The van der Waals surface area contributed by atoms with Crippen LogP contribution in [-0.4, -0.2) is 35.2 Å². The fourth-order valence-electron chi connectivity index (χ4n) is 4.06. The normalized spacial score (nSPS) is 20.4. The van der Waals surface area contributed by atoms with Gasteiger partial charge in [0.05, 0.1) is 5.69 Å². The van der Waals surface area contributed by atoms with Crippen LogP contribution in [0.25, 0.3) is 0 Å². The Bertz CT molecular complexity index is 943. The van der Waals surface area contributed by atoms with Crippen LogP contribution in [0.4, 0.5) is 10.5 Å². The highest BCUT2D eigenvalue weighted by molar-refractivity contribution is 6.05. The van der Waals surface area contributed by atoms with Crippen LogP contribution < -0.4 is 10.2 Å². The third-order valence-electron chi connectivity index (χ3n) is 5.47. The van der Waals surface area contributed by atoms with E-state index >= 15 is 0 Å². The lowest BCUT2D eigenvalue weighted by molar-refractivity contribution is -0.140. The summed E-state index contributed by atoms with van der Waals surface area (Å²) in [7, 11) is 0. The monoisotopic (exact) mass is 394 g/mol. The van der Waals surface area contributed by atoms with Crippen LogP contribution in [0.1, 0.15) is 29.5 Å². The van der Waals surface area contributed by atoms with Crippen molar-refractivity contribution >= 4 is 23.7 Å². The predicted octanol–water partition coefficient (Wildman–Crippen LogP) is 2.66. The molecule has 0 saturated carbocycles. The second kappa shape index (κ2) is 7.95. The van der Waals surface area contributed by atoms with Gasteiger partial charge in [0.25, 0.3) is 5.91 Å². The van der Waals surface area contributed by atoms with Gasteiger partial charge in [-0.1, -0.05) is 48.5 Å². The van der Waals surface area contributed by atoms with Gasteiger partial charge >= 0.3 is 12.1 Å². The number of carbonyl (C=O) groups is 3. The molecule has 150 valence electrons. The molecule has 1 unspecified atom stereocenters. The number of ether oxygens (including phenoxy) is 1. The lowest BCUT2D eigenvalue weighted by Crippen LogP contribution is -2.55. The van der Waals surface area contributed by atoms with Gasteiger partial charge in [-0.25, -0.2) is 9.59 Å². The maximum absolute atomic E-state index is 13.2. The standard InChI is InChI=1S/C22H22N2O5/c25-20-17(23-22(28)29-13-14-5-2-1-3-6-14)11-9-15-7-4-8-16-10-12-18(21(26)27)24(20)19(15)16/h1-8,17-18H,9-13H2,(H,23,28)(H,26,27)/t17-,18?/m0/s1. The minimum atomic E-state index is -1.04. The van der Waals surface area contributed by atoms with Crippen molar-refractivity contribution in [3.63, 3.8) is 0 Å². The number of amides is 2. The summed E-state index contributed by atoms with van der Waals surface area (Å²) in [6.07, 6.45) is 1.23. The van der Waals surface area contributed by atoms with Gasteiger partial charge in [0.15, 0.2) is 0 Å². The fourth-order valence-corrected chi connectivity index (χ4v) is 4.06. The molecule has 2 aliphatic rings. The fraction of sp³-hybridized carbons (Fsp3) is 0.318. The zero-order valence-corrected chi connectivity index (χ0v) is 15.8. The van der Waals surface area contributed by atoms with E-state index in [2.05, 4.69) is 5.32 Å². The van der Waals surface area contributed by atoms with Gasteiger partial charge in [0, 0.05) is 0 Å². The van der Waals surface area contributed by atoms with Crippen LogP contribution >= 0.6 is 0 Å². The Labute approximate surface area is 168 Å². The Morgan fingerprint density at radius 3 is 2.41 bits per heavy atom. The minimum absolute atomic E-state index is 0.0966. The second-order valence-corrected chi connectivity index (χ2v) is 7.32. The van der Waals surface area contributed by atoms with Crippen LogP contribution in [0.3, 0.4) is 0 Å². The first-order valence-electron chi connectivity index (χ1n) is 9.68. The molecule has 2 heterocycles. The Balaban J connectivity index is 1.53. The van der Waals surface area contributed by atoms with E-state index in [1.54, 1.807) is 0 Å². The average molecular weight is 394 g/mol. The summed E-state index contributed by atoms with van der Waals surface area (Å²) in [6.45, 7) is 0.0966. The molecule has 2 aromatic rings. The van der Waals surface area contributed by atoms with Crippen molar-refractivity contribution in [3.05, 3.63) is 65.2 Å². The molecule has 0 bridgehead atoms. The first kappa shape index (κ1) is 19.0. The minimum Gasteiger partial charge on any atom is -0.480 e. The predicted molar refractivity (Wildman–Crippen MR) is 106 cm³/mol. The number of aryl methyl sites for hydroxylation is 2. The largest absolute Gasteiger partial charge is 0.480 e. The Hall–Kier alpha value is -3.35. The summed E-state index contributed by atoms with van der Waals surface area (Å²) in [6, 6.07) is 13.3. The van der Waals surface area contributed by atoms with Crippen LogP contribution in [0.2, 0.25) is 0 Å². The van der Waals surface area contributed by atoms with Gasteiger partial charge < -0.3 is 15.2 Å². The second-order valence-electron chi connectivity index (χ2n) is 7.32. The van der Waals surface area contributed by atoms with Gasteiger partial charge in [-0.05, 0) is 42.4 Å². The van der Waals surface area contributed by atoms with Gasteiger partial charge in [-0.15, -0.1) is 0 Å². The third kappa shape index (κ3) is 3.81. The summed E-state index contributed by atoms with van der Waals surface area (Å²) in [5.41, 5.74) is 3.44. The van der Waals surface area contributed by atoms with Crippen molar-refractivity contribution in [1.82, 2.24) is 5.32 Å². The Kier molecular flexibility index (Phi) is 5.20. The first-order valence-corrected chi connectivity index (χ1v) is 9.68. The Morgan fingerprint density at radius 2 is 1.72 bits per heavy atom. The van der Waals surface area contributed by atoms with E-state index in [-0.39, 0.29) is 6.61 Å². The number of aliphatic carboxylic acids is 1. The van der Waals surface area contributed by atoms with Gasteiger partial charge in [-0.3, -0.25) is 9.69 Å². The highest BCUT2D eigenvalue weighted by Gasteiger charge is 2.41. The smallest absolute Gasteiger partial charge is 0.408 e. The van der Waals surface area contributed by atoms with E-state index in [0.29, 0.717) is 31.4 Å². The van der Waals surface area contributed by atoms with Crippen LogP contribution in [0.15, 0.2) is 48.5 Å². The number of hydrogen-bond donors (Lipinski definition) is 2.